The zero-order valence-electron chi connectivity index (χ0n) is 31.2. The number of hydrogen-bond acceptors (Lipinski definition) is 4. The van der Waals surface area contributed by atoms with Crippen LogP contribution in [-0.2, 0) is 22.4 Å². The lowest BCUT2D eigenvalue weighted by molar-refractivity contribution is -0.121. The zero-order chi connectivity index (χ0) is 36.2. The fraction of sp³-hybridized carbons (Fsp3) is 0.581. The molecule has 0 radical (unpaired) electrons. The predicted molar refractivity (Wildman–Crippen MR) is 227 cm³/mol. The molecular formula is C43H58Br2N2O2S2. The summed E-state index contributed by atoms with van der Waals surface area (Å²) in [5, 5.41) is 0. The van der Waals surface area contributed by atoms with Crippen molar-refractivity contribution < 1.29 is 9.59 Å². The Balaban J connectivity index is 1.27. The molecule has 8 heteroatoms. The topological polar surface area (TPSA) is 40.6 Å². The summed E-state index contributed by atoms with van der Waals surface area (Å²) >= 11 is 11.2. The number of fused-ring (bicyclic) bond motifs is 4. The highest BCUT2D eigenvalue weighted by atomic mass is 79.9. The highest BCUT2D eigenvalue weighted by Crippen LogP contribution is 2.51. The van der Waals surface area contributed by atoms with Gasteiger partial charge in [0.25, 0.3) is 5.91 Å². The Morgan fingerprint density at radius 3 is 1.47 bits per heavy atom. The summed E-state index contributed by atoms with van der Waals surface area (Å²) in [6.45, 7) is 6.61. The minimum Gasteiger partial charge on any atom is -0.288 e. The molecule has 0 unspecified atom stereocenters. The summed E-state index contributed by atoms with van der Waals surface area (Å²) in [5.41, 5.74) is 8.27. The molecular weight excluding hydrogens is 800 g/mol. The van der Waals surface area contributed by atoms with E-state index in [1.807, 2.05) is 17.3 Å². The van der Waals surface area contributed by atoms with Crippen LogP contribution in [0.3, 0.4) is 0 Å². The van der Waals surface area contributed by atoms with E-state index >= 15 is 0 Å². The average molecular weight is 859 g/mol. The summed E-state index contributed by atoms with van der Waals surface area (Å²) in [4.78, 5) is 32.3. The first-order valence-corrected chi connectivity index (χ1v) is 23.2. The van der Waals surface area contributed by atoms with Crippen LogP contribution in [0.2, 0.25) is 0 Å². The molecule has 0 spiro atoms. The molecule has 3 aliphatic rings. The molecule has 0 aromatic carbocycles. The molecule has 0 bridgehead atoms. The SMILES string of the molecule is CCCCCCCCCCCCc1c(Br)sc2c1C=CN1C(=O)/C(=C3\c4sc(Br)c(CCCCCCCCCCCC)c4C=CN3C=O)C(C)=C21. The zero-order valence-corrected chi connectivity index (χ0v) is 36.0. The van der Waals surface area contributed by atoms with Crippen molar-refractivity contribution in [2.45, 2.75) is 162 Å². The highest BCUT2D eigenvalue weighted by molar-refractivity contribution is 9.11. The molecule has 0 saturated carbocycles. The maximum Gasteiger partial charge on any atom is 0.264 e. The van der Waals surface area contributed by atoms with Gasteiger partial charge in [-0.3, -0.25) is 19.4 Å². The first kappa shape index (κ1) is 40.4. The number of nitrogens with zero attached hydrogens (tertiary/aromatic N) is 2. The van der Waals surface area contributed by atoms with Crippen LogP contribution in [0.5, 0.6) is 0 Å². The first-order chi connectivity index (χ1) is 24.9. The third-order valence-corrected chi connectivity index (χ3v) is 14.8. The lowest BCUT2D eigenvalue weighted by Crippen LogP contribution is -2.24. The summed E-state index contributed by atoms with van der Waals surface area (Å²) in [6.07, 6.45) is 37.3. The monoisotopic (exact) mass is 856 g/mol. The quantitative estimate of drug-likeness (QED) is 0.0635. The fourth-order valence-electron chi connectivity index (χ4n) is 7.86. The third kappa shape index (κ3) is 9.88. The number of halogens is 2. The number of hydrogen-bond donors (Lipinski definition) is 0. The largest absolute Gasteiger partial charge is 0.288 e. The van der Waals surface area contributed by atoms with Gasteiger partial charge in [0.1, 0.15) is 0 Å². The maximum absolute atomic E-state index is 14.2. The van der Waals surface area contributed by atoms with Crippen LogP contribution in [0, 0.1) is 0 Å². The van der Waals surface area contributed by atoms with Gasteiger partial charge >= 0.3 is 0 Å². The molecule has 2 amide bonds. The first-order valence-electron chi connectivity index (χ1n) is 19.9. The van der Waals surface area contributed by atoms with Crippen molar-refractivity contribution in [3.63, 3.8) is 0 Å². The van der Waals surface area contributed by atoms with E-state index in [0.717, 1.165) is 56.0 Å². The van der Waals surface area contributed by atoms with E-state index in [1.54, 1.807) is 27.6 Å². The molecule has 0 atom stereocenters. The Morgan fingerprint density at radius 2 is 1.02 bits per heavy atom. The standard InChI is InChI=1S/C43H58Br2N2O2S2/c1-4-6-8-10-12-14-16-18-20-22-24-34-32-26-28-46(30-48)38(40(32)51-42(34)45)36-31(3)37-39-33(27-29-47(37)43(36)49)35(41(44)50-39)25-23-21-19-17-15-13-11-9-7-5-2/h26-30H,4-25H2,1-3H3/b38-36+. The van der Waals surface area contributed by atoms with Gasteiger partial charge < -0.3 is 0 Å². The molecule has 0 fully saturated rings. The predicted octanol–water partition coefficient (Wildman–Crippen LogP) is 14.7. The van der Waals surface area contributed by atoms with E-state index in [2.05, 4.69) is 64.8 Å². The van der Waals surface area contributed by atoms with Gasteiger partial charge in [-0.2, -0.15) is 0 Å². The Labute approximate surface area is 332 Å². The van der Waals surface area contributed by atoms with Crippen molar-refractivity contribution >= 4 is 90.4 Å². The molecule has 51 heavy (non-hydrogen) atoms. The Kier molecular flexibility index (Phi) is 16.4. The van der Waals surface area contributed by atoms with Gasteiger partial charge in [-0.25, -0.2) is 0 Å². The molecule has 2 aromatic rings. The summed E-state index contributed by atoms with van der Waals surface area (Å²) in [5.74, 6) is -0.0611. The minimum atomic E-state index is -0.0611. The average Bonchev–Trinajstić information content (AvgIpc) is 3.72. The second kappa shape index (κ2) is 20.6. The Bertz CT molecular complexity index is 1630. The molecule has 0 N–H and O–H groups in total. The number of carbonyl (C=O) groups is 2. The lowest BCUT2D eigenvalue weighted by atomic mass is 9.96. The minimum absolute atomic E-state index is 0.0611. The van der Waals surface area contributed by atoms with Crippen LogP contribution < -0.4 is 0 Å². The van der Waals surface area contributed by atoms with Crippen molar-refractivity contribution in [3.8, 4) is 0 Å². The van der Waals surface area contributed by atoms with Crippen molar-refractivity contribution in [1.29, 1.82) is 0 Å². The third-order valence-electron chi connectivity index (χ3n) is 10.8. The van der Waals surface area contributed by atoms with Gasteiger partial charge in [0.05, 0.1) is 34.3 Å². The van der Waals surface area contributed by atoms with Crippen LogP contribution in [0.15, 0.2) is 31.1 Å². The molecule has 5 heterocycles. The molecule has 2 aromatic heterocycles. The molecule has 0 aliphatic carbocycles. The van der Waals surface area contributed by atoms with Gasteiger partial charge in [-0.05, 0) is 93.3 Å². The van der Waals surface area contributed by atoms with Crippen LogP contribution in [0.1, 0.15) is 181 Å². The van der Waals surface area contributed by atoms with Crippen LogP contribution in [0.25, 0.3) is 23.5 Å². The van der Waals surface area contributed by atoms with Gasteiger partial charge in [0.2, 0.25) is 6.41 Å². The van der Waals surface area contributed by atoms with Crippen molar-refractivity contribution in [1.82, 2.24) is 9.80 Å². The van der Waals surface area contributed by atoms with Crippen LogP contribution >= 0.6 is 54.5 Å². The Morgan fingerprint density at radius 1 is 0.608 bits per heavy atom. The smallest absolute Gasteiger partial charge is 0.264 e. The normalized spacial score (nSPS) is 16.5. The van der Waals surface area contributed by atoms with E-state index in [4.69, 9.17) is 0 Å². The van der Waals surface area contributed by atoms with Crippen molar-refractivity contribution in [2.24, 2.45) is 0 Å². The summed E-state index contributed by atoms with van der Waals surface area (Å²) in [7, 11) is 0. The van der Waals surface area contributed by atoms with E-state index < -0.39 is 0 Å². The highest BCUT2D eigenvalue weighted by Gasteiger charge is 2.41. The van der Waals surface area contributed by atoms with Crippen LogP contribution in [0.4, 0.5) is 0 Å². The maximum atomic E-state index is 14.2. The van der Waals surface area contributed by atoms with Gasteiger partial charge in [-0.1, -0.05) is 129 Å². The van der Waals surface area contributed by atoms with E-state index in [9.17, 15) is 9.59 Å². The number of thiophene rings is 2. The van der Waals surface area contributed by atoms with Gasteiger partial charge in [-0.15, -0.1) is 22.7 Å². The van der Waals surface area contributed by atoms with Crippen molar-refractivity contribution in [2.75, 3.05) is 0 Å². The van der Waals surface area contributed by atoms with Crippen molar-refractivity contribution in [3.05, 3.63) is 63.1 Å². The lowest BCUT2D eigenvalue weighted by Gasteiger charge is -2.24. The summed E-state index contributed by atoms with van der Waals surface area (Å²) in [6, 6.07) is 0. The number of carbonyl (C=O) groups excluding carboxylic acids is 2. The number of amides is 2. The van der Waals surface area contributed by atoms with Gasteiger partial charge in [0, 0.05) is 23.5 Å². The van der Waals surface area contributed by atoms with E-state index in [-0.39, 0.29) is 5.91 Å². The molecule has 3 aliphatic heterocycles. The molecule has 5 rings (SSSR count). The fourth-order valence-corrected chi connectivity index (χ4v) is 11.9. The Hall–Kier alpha value is -1.74. The number of rotatable bonds is 23. The second-order valence-corrected chi connectivity index (χ2v) is 19.3. The van der Waals surface area contributed by atoms with Gasteiger partial charge in [0.15, 0.2) is 0 Å². The number of unbranched alkanes of at least 4 members (excludes halogenated alkanes) is 18. The van der Waals surface area contributed by atoms with E-state index in [0.29, 0.717) is 11.3 Å². The second-order valence-electron chi connectivity index (χ2n) is 14.6. The van der Waals surface area contributed by atoms with Crippen LogP contribution in [-0.4, -0.2) is 22.1 Å². The molecule has 0 saturated heterocycles. The molecule has 278 valence electrons. The molecule has 4 nitrogen and oxygen atoms in total. The van der Waals surface area contributed by atoms with E-state index in [1.165, 1.54) is 142 Å². The summed E-state index contributed by atoms with van der Waals surface area (Å²) < 4.78 is 2.27.